The molecule has 3 heterocycles. The number of rotatable bonds is 3. The van der Waals surface area contributed by atoms with Crippen LogP contribution >= 0.6 is 0 Å². The highest BCUT2D eigenvalue weighted by Crippen LogP contribution is 2.14. The van der Waals surface area contributed by atoms with E-state index in [4.69, 9.17) is 0 Å². The number of amides is 1. The van der Waals surface area contributed by atoms with Crippen LogP contribution < -0.4 is 10.5 Å². The molecule has 132 valence electrons. The molecule has 0 bridgehead atoms. The van der Waals surface area contributed by atoms with Gasteiger partial charge in [0.2, 0.25) is 0 Å². The molecule has 1 saturated heterocycles. The third-order valence-electron chi connectivity index (χ3n) is 4.86. The van der Waals surface area contributed by atoms with E-state index in [1.807, 2.05) is 35.5 Å². The van der Waals surface area contributed by atoms with Crippen molar-refractivity contribution in [1.29, 1.82) is 0 Å². The lowest BCUT2D eigenvalue weighted by atomic mass is 10.1. The van der Waals surface area contributed by atoms with Gasteiger partial charge in [-0.3, -0.25) is 14.6 Å². The van der Waals surface area contributed by atoms with Crippen molar-refractivity contribution < 1.29 is 9.69 Å². The molecule has 26 heavy (non-hydrogen) atoms. The first-order valence-electron chi connectivity index (χ1n) is 8.71. The second-order valence-electron chi connectivity index (χ2n) is 6.52. The molecule has 7 nitrogen and oxygen atoms in total. The number of fused-ring (bicyclic) bond motifs is 1. The lowest BCUT2D eigenvalue weighted by molar-refractivity contribution is -0.917. The summed E-state index contributed by atoms with van der Waals surface area (Å²) in [5.74, 6) is -0.125. The van der Waals surface area contributed by atoms with Crippen LogP contribution in [0.1, 0.15) is 16.1 Å². The summed E-state index contributed by atoms with van der Waals surface area (Å²) in [6.07, 6.45) is 3.61. The molecule has 0 unspecified atom stereocenters. The van der Waals surface area contributed by atoms with E-state index >= 15 is 0 Å². The van der Waals surface area contributed by atoms with Crippen LogP contribution in [0, 0.1) is 0 Å². The summed E-state index contributed by atoms with van der Waals surface area (Å²) >= 11 is 0. The molecule has 0 radical (unpaired) electrons. The molecular weight excluding hydrogens is 330 g/mol. The number of piperazine rings is 1. The maximum Gasteiger partial charge on any atom is 0.275 e. The van der Waals surface area contributed by atoms with Gasteiger partial charge < -0.3 is 9.80 Å². The summed E-state index contributed by atoms with van der Waals surface area (Å²) in [6, 6.07) is 11.1. The standard InChI is InChI=1S/C19H19N5O2/c25-18-16-4-2-1-3-15(16)17(21-22-18)19(26)24-11-9-23(10-12-24)13-14-5-7-20-8-6-14/h1-8H,9-13H2,(H,22,25)/p+1. The van der Waals surface area contributed by atoms with Crippen molar-refractivity contribution in [3.63, 3.8) is 0 Å². The Kier molecular flexibility index (Phi) is 4.45. The van der Waals surface area contributed by atoms with Crippen molar-refractivity contribution in [2.45, 2.75) is 6.54 Å². The van der Waals surface area contributed by atoms with E-state index < -0.39 is 0 Å². The molecule has 0 spiro atoms. The largest absolute Gasteiger partial charge is 0.328 e. The molecule has 1 aliphatic rings. The SMILES string of the molecule is O=C(c1n[nH]c(=O)c2ccccc12)N1CC[NH+](Cc2ccncc2)CC1. The number of aromatic nitrogens is 3. The summed E-state index contributed by atoms with van der Waals surface area (Å²) in [4.78, 5) is 32.1. The van der Waals surface area contributed by atoms with Crippen molar-refractivity contribution in [2.24, 2.45) is 0 Å². The molecule has 0 saturated carbocycles. The van der Waals surface area contributed by atoms with E-state index in [1.165, 1.54) is 10.5 Å². The van der Waals surface area contributed by atoms with Crippen LogP contribution in [0.15, 0.2) is 53.6 Å². The predicted octanol–water partition coefficient (Wildman–Crippen LogP) is -0.141. The van der Waals surface area contributed by atoms with Gasteiger partial charge >= 0.3 is 0 Å². The van der Waals surface area contributed by atoms with Gasteiger partial charge in [0.05, 0.1) is 31.6 Å². The number of hydrogen-bond donors (Lipinski definition) is 2. The molecule has 1 fully saturated rings. The fourth-order valence-corrected chi connectivity index (χ4v) is 3.42. The molecule has 2 aromatic heterocycles. The van der Waals surface area contributed by atoms with Gasteiger partial charge in [0.25, 0.3) is 11.5 Å². The van der Waals surface area contributed by atoms with Gasteiger partial charge in [-0.1, -0.05) is 18.2 Å². The molecule has 2 N–H and O–H groups in total. The topological polar surface area (TPSA) is 83.4 Å². The van der Waals surface area contributed by atoms with Crippen LogP contribution in [-0.4, -0.2) is 52.2 Å². The van der Waals surface area contributed by atoms with Crippen molar-refractivity contribution in [3.8, 4) is 0 Å². The molecule has 0 atom stereocenters. The normalized spacial score (nSPS) is 15.3. The Hall–Kier alpha value is -3.06. The molecular formula is C19H20N5O2+. The second-order valence-corrected chi connectivity index (χ2v) is 6.52. The average molecular weight is 350 g/mol. The Labute approximate surface area is 150 Å². The van der Waals surface area contributed by atoms with E-state index in [1.54, 1.807) is 18.2 Å². The lowest BCUT2D eigenvalue weighted by Gasteiger charge is -2.32. The number of nitrogens with one attached hydrogen (secondary N) is 2. The zero-order valence-electron chi connectivity index (χ0n) is 14.3. The zero-order valence-corrected chi connectivity index (χ0v) is 14.3. The lowest BCUT2D eigenvalue weighted by Crippen LogP contribution is -3.13. The van der Waals surface area contributed by atoms with E-state index in [-0.39, 0.29) is 11.5 Å². The third kappa shape index (κ3) is 3.21. The Morgan fingerprint density at radius 3 is 2.50 bits per heavy atom. The number of hydrogen-bond acceptors (Lipinski definition) is 4. The highest BCUT2D eigenvalue weighted by atomic mass is 16.2. The number of pyridine rings is 1. The number of carbonyl (C=O) groups is 1. The van der Waals surface area contributed by atoms with Crippen molar-refractivity contribution in [2.75, 3.05) is 26.2 Å². The average Bonchev–Trinajstić information content (AvgIpc) is 2.69. The van der Waals surface area contributed by atoms with E-state index in [0.29, 0.717) is 29.6 Å². The Bertz CT molecular complexity index is 978. The molecule has 4 rings (SSSR count). The maximum absolute atomic E-state index is 12.9. The number of nitrogens with zero attached hydrogens (tertiary/aromatic N) is 3. The maximum atomic E-state index is 12.9. The van der Waals surface area contributed by atoms with Crippen molar-refractivity contribution >= 4 is 16.7 Å². The van der Waals surface area contributed by atoms with Gasteiger partial charge in [-0.25, -0.2) is 5.10 Å². The summed E-state index contributed by atoms with van der Waals surface area (Å²) < 4.78 is 0. The van der Waals surface area contributed by atoms with E-state index in [2.05, 4.69) is 15.2 Å². The molecule has 1 aromatic carbocycles. The first-order chi connectivity index (χ1) is 12.7. The van der Waals surface area contributed by atoms with E-state index in [0.717, 1.165) is 19.6 Å². The Morgan fingerprint density at radius 1 is 1.08 bits per heavy atom. The molecule has 1 aliphatic heterocycles. The minimum absolute atomic E-state index is 0.125. The van der Waals surface area contributed by atoms with Gasteiger partial charge in [0, 0.05) is 23.3 Å². The van der Waals surface area contributed by atoms with E-state index in [9.17, 15) is 9.59 Å². The minimum atomic E-state index is -0.274. The second kappa shape index (κ2) is 7.05. The molecule has 3 aromatic rings. The number of carbonyl (C=O) groups excluding carboxylic acids is 1. The summed E-state index contributed by atoms with van der Waals surface area (Å²) in [5, 5.41) is 7.56. The fraction of sp³-hybridized carbons (Fsp3) is 0.263. The van der Waals surface area contributed by atoms with Crippen LogP contribution in [-0.2, 0) is 6.54 Å². The minimum Gasteiger partial charge on any atom is -0.328 e. The van der Waals surface area contributed by atoms with Gasteiger partial charge in [-0.15, -0.1) is 0 Å². The van der Waals surface area contributed by atoms with Crippen molar-refractivity contribution in [1.82, 2.24) is 20.1 Å². The van der Waals surface area contributed by atoms with Crippen LogP contribution in [0.3, 0.4) is 0 Å². The van der Waals surface area contributed by atoms with Gasteiger partial charge in [-0.05, 0) is 18.2 Å². The molecule has 0 aliphatic carbocycles. The number of quaternary nitrogens is 1. The quantitative estimate of drug-likeness (QED) is 0.689. The van der Waals surface area contributed by atoms with Crippen LogP contribution in [0.2, 0.25) is 0 Å². The molecule has 7 heteroatoms. The third-order valence-corrected chi connectivity index (χ3v) is 4.86. The monoisotopic (exact) mass is 350 g/mol. The molecule has 1 amide bonds. The highest BCUT2D eigenvalue weighted by molar-refractivity contribution is 6.04. The first-order valence-corrected chi connectivity index (χ1v) is 8.71. The van der Waals surface area contributed by atoms with Gasteiger partial charge in [0.1, 0.15) is 6.54 Å². The summed E-state index contributed by atoms with van der Waals surface area (Å²) in [7, 11) is 0. The van der Waals surface area contributed by atoms with Crippen LogP contribution in [0.4, 0.5) is 0 Å². The van der Waals surface area contributed by atoms with Crippen LogP contribution in [0.25, 0.3) is 10.8 Å². The number of benzene rings is 1. The first kappa shape index (κ1) is 16.4. The van der Waals surface area contributed by atoms with Crippen LogP contribution in [0.5, 0.6) is 0 Å². The predicted molar refractivity (Wildman–Crippen MR) is 96.9 cm³/mol. The Balaban J connectivity index is 1.47. The van der Waals surface area contributed by atoms with Gasteiger partial charge in [-0.2, -0.15) is 5.10 Å². The Morgan fingerprint density at radius 2 is 1.77 bits per heavy atom. The van der Waals surface area contributed by atoms with Gasteiger partial charge in [0.15, 0.2) is 5.69 Å². The number of H-pyrrole nitrogens is 1. The van der Waals surface area contributed by atoms with Crippen molar-refractivity contribution in [3.05, 3.63) is 70.4 Å². The fourth-order valence-electron chi connectivity index (χ4n) is 3.42. The smallest absolute Gasteiger partial charge is 0.275 e. The highest BCUT2D eigenvalue weighted by Gasteiger charge is 2.26. The summed E-state index contributed by atoms with van der Waals surface area (Å²) in [5.41, 5.74) is 1.30. The summed E-state index contributed by atoms with van der Waals surface area (Å²) in [6.45, 7) is 4.05. The zero-order chi connectivity index (χ0) is 17.9. The number of aromatic amines is 1.